The molecule has 0 saturated heterocycles. The normalized spacial score (nSPS) is 10.8. The van der Waals surface area contributed by atoms with Gasteiger partial charge in [-0.1, -0.05) is 58.3 Å². The Morgan fingerprint density at radius 2 is 1.42 bits per heavy atom. The van der Waals surface area contributed by atoms with Crippen LogP contribution in [0, 0.1) is 0 Å². The molecule has 0 aliphatic carbocycles. The zero-order chi connectivity index (χ0) is 14.3. The standard InChI is InChI=1S/C15H26O4/c1-2-3-4-5-6-7-8-9-10-13-19-15(18)12-11-14(16)17/h11-12H,2-10,13H2,1H3,(H,16,17). The predicted octanol–water partition coefficient (Wildman–Crippen LogP) is 3.70. The maximum atomic E-state index is 11.0. The van der Waals surface area contributed by atoms with E-state index in [2.05, 4.69) is 6.92 Å². The van der Waals surface area contributed by atoms with Crippen molar-refractivity contribution in [3.63, 3.8) is 0 Å². The third kappa shape index (κ3) is 14.6. The summed E-state index contributed by atoms with van der Waals surface area (Å²) in [6, 6.07) is 0. The van der Waals surface area contributed by atoms with Crippen molar-refractivity contribution in [3.8, 4) is 0 Å². The van der Waals surface area contributed by atoms with Crippen molar-refractivity contribution in [2.75, 3.05) is 6.61 Å². The van der Waals surface area contributed by atoms with Crippen molar-refractivity contribution in [2.45, 2.75) is 64.7 Å². The van der Waals surface area contributed by atoms with Crippen LogP contribution < -0.4 is 0 Å². The van der Waals surface area contributed by atoms with Crippen LogP contribution in [0.25, 0.3) is 0 Å². The number of hydrogen-bond donors (Lipinski definition) is 1. The van der Waals surface area contributed by atoms with E-state index < -0.39 is 11.9 Å². The van der Waals surface area contributed by atoms with Crippen molar-refractivity contribution in [1.82, 2.24) is 0 Å². The molecule has 19 heavy (non-hydrogen) atoms. The molecular formula is C15H26O4. The lowest BCUT2D eigenvalue weighted by Gasteiger charge is -2.02. The fourth-order valence-electron chi connectivity index (χ4n) is 1.77. The molecule has 0 aliphatic rings. The molecule has 0 aromatic carbocycles. The number of ether oxygens (including phenoxy) is 1. The first-order chi connectivity index (χ1) is 9.16. The summed E-state index contributed by atoms with van der Waals surface area (Å²) in [6.07, 6.45) is 12.6. The van der Waals surface area contributed by atoms with Gasteiger partial charge in [0.2, 0.25) is 0 Å². The molecule has 4 nitrogen and oxygen atoms in total. The minimum Gasteiger partial charge on any atom is -0.478 e. The molecule has 110 valence electrons. The van der Waals surface area contributed by atoms with Gasteiger partial charge in [0.15, 0.2) is 0 Å². The van der Waals surface area contributed by atoms with Gasteiger partial charge in [-0.3, -0.25) is 0 Å². The van der Waals surface area contributed by atoms with Crippen molar-refractivity contribution in [1.29, 1.82) is 0 Å². The van der Waals surface area contributed by atoms with Crippen molar-refractivity contribution in [2.24, 2.45) is 0 Å². The molecule has 0 amide bonds. The Bertz CT molecular complexity index is 271. The van der Waals surface area contributed by atoms with Gasteiger partial charge in [-0.15, -0.1) is 0 Å². The Labute approximate surface area is 115 Å². The summed E-state index contributed by atoms with van der Waals surface area (Å²) in [5, 5.41) is 8.31. The number of esters is 1. The van der Waals surface area contributed by atoms with Crippen LogP contribution in [0.3, 0.4) is 0 Å². The average molecular weight is 270 g/mol. The minimum absolute atomic E-state index is 0.374. The van der Waals surface area contributed by atoms with E-state index in [9.17, 15) is 9.59 Å². The summed E-state index contributed by atoms with van der Waals surface area (Å²) in [4.78, 5) is 21.2. The van der Waals surface area contributed by atoms with E-state index in [1.165, 1.54) is 44.9 Å². The average Bonchev–Trinajstić information content (AvgIpc) is 2.38. The SMILES string of the molecule is CCCCCCCCCCCOC(=O)C=CC(=O)O. The Morgan fingerprint density at radius 3 is 1.95 bits per heavy atom. The molecule has 0 saturated carbocycles. The first kappa shape index (κ1) is 17.7. The van der Waals surface area contributed by atoms with Crippen LogP contribution in [0.15, 0.2) is 12.2 Å². The Kier molecular flexibility index (Phi) is 12.2. The van der Waals surface area contributed by atoms with Crippen LogP contribution in [-0.2, 0) is 14.3 Å². The van der Waals surface area contributed by atoms with Crippen molar-refractivity contribution < 1.29 is 19.4 Å². The van der Waals surface area contributed by atoms with Gasteiger partial charge >= 0.3 is 11.9 Å². The summed E-state index contributed by atoms with van der Waals surface area (Å²) < 4.78 is 4.86. The maximum absolute atomic E-state index is 11.0. The van der Waals surface area contributed by atoms with Gasteiger partial charge in [0.1, 0.15) is 0 Å². The van der Waals surface area contributed by atoms with Crippen molar-refractivity contribution in [3.05, 3.63) is 12.2 Å². The number of hydrogen-bond acceptors (Lipinski definition) is 3. The first-order valence-electron chi connectivity index (χ1n) is 7.24. The molecule has 1 N–H and O–H groups in total. The number of unbranched alkanes of at least 4 members (excludes halogenated alkanes) is 8. The van der Waals surface area contributed by atoms with Crippen LogP contribution in [0.2, 0.25) is 0 Å². The second-order valence-corrected chi connectivity index (χ2v) is 4.67. The van der Waals surface area contributed by atoms with E-state index in [-0.39, 0.29) is 0 Å². The molecule has 4 heteroatoms. The summed E-state index contributed by atoms with van der Waals surface area (Å²) in [7, 11) is 0. The summed E-state index contributed by atoms with van der Waals surface area (Å²) in [5.74, 6) is -1.72. The highest BCUT2D eigenvalue weighted by atomic mass is 16.5. The number of carboxylic acids is 1. The number of carbonyl (C=O) groups is 2. The molecule has 0 heterocycles. The summed E-state index contributed by atoms with van der Waals surface area (Å²) >= 11 is 0. The van der Waals surface area contributed by atoms with Gasteiger partial charge in [0.25, 0.3) is 0 Å². The fraction of sp³-hybridized carbons (Fsp3) is 0.733. The van der Waals surface area contributed by atoms with Crippen LogP contribution in [0.1, 0.15) is 64.7 Å². The quantitative estimate of drug-likeness (QED) is 0.333. The Hall–Kier alpha value is -1.32. The zero-order valence-corrected chi connectivity index (χ0v) is 11.9. The highest BCUT2D eigenvalue weighted by Gasteiger charge is 1.98. The fourth-order valence-corrected chi connectivity index (χ4v) is 1.77. The molecule has 0 fully saturated rings. The lowest BCUT2D eigenvalue weighted by Crippen LogP contribution is -2.03. The second-order valence-electron chi connectivity index (χ2n) is 4.67. The third-order valence-electron chi connectivity index (χ3n) is 2.85. The largest absolute Gasteiger partial charge is 0.478 e. The molecule has 0 spiro atoms. The van der Waals surface area contributed by atoms with Crippen LogP contribution in [0.5, 0.6) is 0 Å². The van der Waals surface area contributed by atoms with E-state index in [1.807, 2.05) is 0 Å². The lowest BCUT2D eigenvalue weighted by atomic mass is 10.1. The van der Waals surface area contributed by atoms with Gasteiger partial charge in [-0.25, -0.2) is 9.59 Å². The molecule has 0 aliphatic heterocycles. The number of carboxylic acid groups (broad SMARTS) is 1. The van der Waals surface area contributed by atoms with Gasteiger partial charge in [-0.2, -0.15) is 0 Å². The number of aliphatic carboxylic acids is 1. The van der Waals surface area contributed by atoms with Crippen molar-refractivity contribution >= 4 is 11.9 Å². The molecule has 0 atom stereocenters. The molecule has 0 aromatic rings. The van der Waals surface area contributed by atoms with Gasteiger partial charge in [0.05, 0.1) is 6.61 Å². The second kappa shape index (κ2) is 13.1. The first-order valence-corrected chi connectivity index (χ1v) is 7.24. The monoisotopic (exact) mass is 270 g/mol. The van der Waals surface area contributed by atoms with E-state index >= 15 is 0 Å². The molecule has 0 unspecified atom stereocenters. The Morgan fingerprint density at radius 1 is 0.895 bits per heavy atom. The van der Waals surface area contributed by atoms with E-state index in [0.29, 0.717) is 6.61 Å². The molecule has 0 radical (unpaired) electrons. The molecule has 0 bridgehead atoms. The highest BCUT2D eigenvalue weighted by Crippen LogP contribution is 2.09. The number of carbonyl (C=O) groups excluding carboxylic acids is 1. The van der Waals surface area contributed by atoms with Crippen LogP contribution in [-0.4, -0.2) is 23.7 Å². The predicted molar refractivity (Wildman–Crippen MR) is 75.0 cm³/mol. The van der Waals surface area contributed by atoms with E-state index in [4.69, 9.17) is 9.84 Å². The maximum Gasteiger partial charge on any atom is 0.331 e. The van der Waals surface area contributed by atoms with Gasteiger partial charge in [-0.05, 0) is 6.42 Å². The number of rotatable bonds is 12. The van der Waals surface area contributed by atoms with Crippen LogP contribution in [0.4, 0.5) is 0 Å². The molecule has 0 aromatic heterocycles. The molecular weight excluding hydrogens is 244 g/mol. The van der Waals surface area contributed by atoms with Gasteiger partial charge in [0, 0.05) is 12.2 Å². The Balaban J connectivity index is 3.22. The summed E-state index contributed by atoms with van der Waals surface area (Å²) in [5.41, 5.74) is 0. The molecule has 0 rings (SSSR count). The van der Waals surface area contributed by atoms with E-state index in [1.54, 1.807) is 0 Å². The minimum atomic E-state index is -1.14. The van der Waals surface area contributed by atoms with Crippen LogP contribution >= 0.6 is 0 Å². The van der Waals surface area contributed by atoms with Gasteiger partial charge < -0.3 is 9.84 Å². The van der Waals surface area contributed by atoms with E-state index in [0.717, 1.165) is 25.0 Å². The highest BCUT2D eigenvalue weighted by molar-refractivity contribution is 5.90. The summed E-state index contributed by atoms with van der Waals surface area (Å²) in [6.45, 7) is 2.59. The third-order valence-corrected chi connectivity index (χ3v) is 2.85. The lowest BCUT2D eigenvalue weighted by molar-refractivity contribution is -0.138. The smallest absolute Gasteiger partial charge is 0.331 e. The zero-order valence-electron chi connectivity index (χ0n) is 11.9. The topological polar surface area (TPSA) is 63.6 Å².